The van der Waals surface area contributed by atoms with Crippen molar-refractivity contribution in [2.75, 3.05) is 24.7 Å². The maximum absolute atomic E-state index is 5.73. The lowest BCUT2D eigenvalue weighted by molar-refractivity contribution is 1.13. The van der Waals surface area contributed by atoms with Gasteiger partial charge >= 0.3 is 0 Å². The third kappa shape index (κ3) is 2.55. The van der Waals surface area contributed by atoms with E-state index in [-0.39, 0.29) is 0 Å². The lowest BCUT2D eigenvalue weighted by Crippen LogP contribution is -2.08. The van der Waals surface area contributed by atoms with Crippen LogP contribution in [-0.2, 0) is 0 Å². The summed E-state index contributed by atoms with van der Waals surface area (Å²) in [4.78, 5) is 10.5. The first-order valence-electron chi connectivity index (χ1n) is 5.13. The van der Waals surface area contributed by atoms with E-state index in [2.05, 4.69) is 25.9 Å². The molecule has 0 radical (unpaired) electrons. The molecule has 0 aliphatic carbocycles. The quantitative estimate of drug-likeness (QED) is 0.924. The molecule has 0 saturated heterocycles. The predicted molar refractivity (Wildman–Crippen MR) is 73.9 cm³/mol. The van der Waals surface area contributed by atoms with Crippen LogP contribution in [0.3, 0.4) is 0 Å². The first-order valence-corrected chi connectivity index (χ1v) is 5.93. The summed E-state index contributed by atoms with van der Waals surface area (Å²) in [6, 6.07) is 8.02. The molecule has 0 aliphatic heterocycles. The van der Waals surface area contributed by atoms with Crippen molar-refractivity contribution in [1.29, 1.82) is 0 Å². The average molecular weight is 293 g/mol. The van der Waals surface area contributed by atoms with Crippen LogP contribution >= 0.6 is 15.9 Å². The van der Waals surface area contributed by atoms with Gasteiger partial charge in [-0.15, -0.1) is 0 Å². The van der Waals surface area contributed by atoms with Crippen LogP contribution in [0.4, 0.5) is 11.5 Å². The molecule has 0 bridgehead atoms. The van der Waals surface area contributed by atoms with Crippen LogP contribution in [0.5, 0.6) is 0 Å². The van der Waals surface area contributed by atoms with Gasteiger partial charge in [0.15, 0.2) is 5.82 Å². The Bertz CT molecular complexity index is 523. The molecule has 2 N–H and O–H groups in total. The van der Waals surface area contributed by atoms with Crippen molar-refractivity contribution in [2.45, 2.75) is 0 Å². The van der Waals surface area contributed by atoms with Gasteiger partial charge in [-0.1, -0.05) is 0 Å². The summed E-state index contributed by atoms with van der Waals surface area (Å²) in [6.07, 6.45) is 1.66. The van der Waals surface area contributed by atoms with E-state index in [1.54, 1.807) is 6.20 Å². The molecule has 17 heavy (non-hydrogen) atoms. The molecular formula is C12H13BrN4. The van der Waals surface area contributed by atoms with Gasteiger partial charge in [0.25, 0.3) is 0 Å². The summed E-state index contributed by atoms with van der Waals surface area (Å²) in [5.41, 5.74) is 7.82. The van der Waals surface area contributed by atoms with Gasteiger partial charge in [0.1, 0.15) is 5.82 Å². The van der Waals surface area contributed by atoms with Crippen molar-refractivity contribution in [3.8, 4) is 11.4 Å². The first kappa shape index (κ1) is 11.9. The number of nitrogens with zero attached hydrogens (tertiary/aromatic N) is 3. The zero-order chi connectivity index (χ0) is 12.4. The maximum atomic E-state index is 5.73. The summed E-state index contributed by atoms with van der Waals surface area (Å²) in [5.74, 6) is 1.09. The molecule has 2 aromatic rings. The molecule has 1 heterocycles. The topological polar surface area (TPSA) is 55.0 Å². The normalized spacial score (nSPS) is 10.3. The Morgan fingerprint density at radius 1 is 1.18 bits per heavy atom. The van der Waals surface area contributed by atoms with Crippen LogP contribution < -0.4 is 10.6 Å². The predicted octanol–water partition coefficient (Wildman–Crippen LogP) is 2.55. The summed E-state index contributed by atoms with van der Waals surface area (Å²) < 4.78 is 0.714. The minimum absolute atomic E-state index is 0.451. The molecule has 0 spiro atoms. The molecule has 1 aromatic carbocycles. The molecule has 0 fully saturated rings. The van der Waals surface area contributed by atoms with E-state index in [1.807, 2.05) is 43.3 Å². The number of rotatable bonds is 2. The number of hydrogen-bond donors (Lipinski definition) is 1. The molecular weight excluding hydrogens is 280 g/mol. The zero-order valence-corrected chi connectivity index (χ0v) is 11.3. The fraction of sp³-hybridized carbons (Fsp3) is 0.167. The fourth-order valence-corrected chi connectivity index (χ4v) is 1.62. The smallest absolute Gasteiger partial charge is 0.161 e. The number of anilines is 2. The summed E-state index contributed by atoms with van der Waals surface area (Å²) in [7, 11) is 4.01. The van der Waals surface area contributed by atoms with E-state index >= 15 is 0 Å². The van der Waals surface area contributed by atoms with E-state index in [0.29, 0.717) is 16.1 Å². The fourth-order valence-electron chi connectivity index (χ4n) is 1.43. The summed E-state index contributed by atoms with van der Waals surface area (Å²) in [6.45, 7) is 0. The Morgan fingerprint density at radius 2 is 1.82 bits per heavy atom. The van der Waals surface area contributed by atoms with Gasteiger partial charge < -0.3 is 10.6 Å². The molecule has 0 aliphatic rings. The molecule has 0 atom stereocenters. The van der Waals surface area contributed by atoms with E-state index < -0.39 is 0 Å². The van der Waals surface area contributed by atoms with Gasteiger partial charge in [0.05, 0.1) is 4.47 Å². The molecule has 5 heteroatoms. The van der Waals surface area contributed by atoms with Crippen LogP contribution in [0.15, 0.2) is 34.9 Å². The van der Waals surface area contributed by atoms with E-state index in [0.717, 1.165) is 11.3 Å². The zero-order valence-electron chi connectivity index (χ0n) is 9.68. The van der Waals surface area contributed by atoms with Gasteiger partial charge in [0, 0.05) is 31.5 Å². The molecule has 0 amide bonds. The van der Waals surface area contributed by atoms with Gasteiger partial charge in [-0.3, -0.25) is 0 Å². The molecule has 4 nitrogen and oxygen atoms in total. The third-order valence-corrected chi connectivity index (χ3v) is 3.02. The standard InChI is InChI=1S/C12H13BrN4/c1-17(2)9-5-3-8(4-6-9)12-15-7-10(13)11(14)16-12/h3-7H,1-2H3,(H2,14,15,16). The van der Waals surface area contributed by atoms with Gasteiger partial charge in [-0.05, 0) is 40.2 Å². The molecule has 0 saturated carbocycles. The summed E-state index contributed by atoms with van der Waals surface area (Å²) in [5, 5.41) is 0. The Morgan fingerprint density at radius 3 is 2.35 bits per heavy atom. The van der Waals surface area contributed by atoms with Crippen LogP contribution in [0.2, 0.25) is 0 Å². The van der Waals surface area contributed by atoms with Gasteiger partial charge in [-0.2, -0.15) is 0 Å². The third-order valence-electron chi connectivity index (χ3n) is 2.41. The Hall–Kier alpha value is -1.62. The van der Waals surface area contributed by atoms with Crippen molar-refractivity contribution in [3.05, 3.63) is 34.9 Å². The molecule has 1 aromatic heterocycles. The number of aromatic nitrogens is 2. The molecule has 88 valence electrons. The number of hydrogen-bond acceptors (Lipinski definition) is 4. The highest BCUT2D eigenvalue weighted by atomic mass is 79.9. The van der Waals surface area contributed by atoms with Crippen LogP contribution in [-0.4, -0.2) is 24.1 Å². The van der Waals surface area contributed by atoms with Crippen molar-refractivity contribution >= 4 is 27.4 Å². The lowest BCUT2D eigenvalue weighted by atomic mass is 10.2. The Labute approximate surface area is 109 Å². The monoisotopic (exact) mass is 292 g/mol. The average Bonchev–Trinajstić information content (AvgIpc) is 2.33. The van der Waals surface area contributed by atoms with Crippen molar-refractivity contribution in [1.82, 2.24) is 9.97 Å². The van der Waals surface area contributed by atoms with Crippen LogP contribution in [0.1, 0.15) is 0 Å². The van der Waals surface area contributed by atoms with Crippen molar-refractivity contribution < 1.29 is 0 Å². The van der Waals surface area contributed by atoms with E-state index in [1.165, 1.54) is 0 Å². The lowest BCUT2D eigenvalue weighted by Gasteiger charge is -2.12. The number of benzene rings is 1. The highest BCUT2D eigenvalue weighted by Gasteiger charge is 2.04. The second kappa shape index (κ2) is 4.71. The number of nitrogen functional groups attached to an aromatic ring is 1. The Balaban J connectivity index is 2.36. The number of halogens is 1. The van der Waals surface area contributed by atoms with Gasteiger partial charge in [-0.25, -0.2) is 9.97 Å². The summed E-state index contributed by atoms with van der Waals surface area (Å²) >= 11 is 3.28. The van der Waals surface area contributed by atoms with Gasteiger partial charge in [0.2, 0.25) is 0 Å². The SMILES string of the molecule is CN(C)c1ccc(-c2ncc(Br)c(N)n2)cc1. The number of nitrogens with two attached hydrogens (primary N) is 1. The van der Waals surface area contributed by atoms with Crippen LogP contribution in [0.25, 0.3) is 11.4 Å². The minimum atomic E-state index is 0.451. The second-order valence-electron chi connectivity index (χ2n) is 3.87. The Kier molecular flexibility index (Phi) is 3.28. The van der Waals surface area contributed by atoms with Crippen LogP contribution in [0, 0.1) is 0 Å². The molecule has 0 unspecified atom stereocenters. The highest BCUT2D eigenvalue weighted by molar-refractivity contribution is 9.10. The van der Waals surface area contributed by atoms with Crippen molar-refractivity contribution in [2.24, 2.45) is 0 Å². The largest absolute Gasteiger partial charge is 0.383 e. The van der Waals surface area contributed by atoms with E-state index in [9.17, 15) is 0 Å². The van der Waals surface area contributed by atoms with Crippen molar-refractivity contribution in [3.63, 3.8) is 0 Å². The maximum Gasteiger partial charge on any atom is 0.161 e. The van der Waals surface area contributed by atoms with E-state index in [4.69, 9.17) is 5.73 Å². The first-order chi connectivity index (χ1) is 8.08. The minimum Gasteiger partial charge on any atom is -0.383 e. The second-order valence-corrected chi connectivity index (χ2v) is 4.72. The molecule has 2 rings (SSSR count). The highest BCUT2D eigenvalue weighted by Crippen LogP contribution is 2.22.